The Balaban J connectivity index is 2.06. The molecule has 19 heavy (non-hydrogen) atoms. The third-order valence-corrected chi connectivity index (χ3v) is 3.19. The molecule has 0 amide bonds. The smallest absolute Gasteiger partial charge is 0.130 e. The van der Waals surface area contributed by atoms with Gasteiger partial charge in [-0.25, -0.2) is 8.78 Å². The maximum absolute atomic E-state index is 13.5. The van der Waals surface area contributed by atoms with Crippen LogP contribution in [0, 0.1) is 18.6 Å². The highest BCUT2D eigenvalue weighted by atomic mass is 19.1. The van der Waals surface area contributed by atoms with Crippen LogP contribution in [0.1, 0.15) is 29.7 Å². The van der Waals surface area contributed by atoms with Crippen LogP contribution in [-0.2, 0) is 6.54 Å². The summed E-state index contributed by atoms with van der Waals surface area (Å²) in [6, 6.07) is 12.0. The van der Waals surface area contributed by atoms with E-state index in [1.807, 2.05) is 32.0 Å². The van der Waals surface area contributed by atoms with E-state index in [1.165, 1.54) is 23.8 Å². The summed E-state index contributed by atoms with van der Waals surface area (Å²) in [5.41, 5.74) is 2.36. The lowest BCUT2D eigenvalue weighted by molar-refractivity contribution is 0.509. The lowest BCUT2D eigenvalue weighted by atomic mass is 10.1. The molecule has 0 saturated carbocycles. The fourth-order valence-electron chi connectivity index (χ4n) is 2.01. The van der Waals surface area contributed by atoms with Crippen molar-refractivity contribution in [2.75, 3.05) is 0 Å². The number of halogens is 2. The molecule has 0 aromatic heterocycles. The minimum Gasteiger partial charge on any atom is -0.306 e. The Hall–Kier alpha value is -1.74. The summed E-state index contributed by atoms with van der Waals surface area (Å²) in [7, 11) is 0. The summed E-state index contributed by atoms with van der Waals surface area (Å²) < 4.78 is 27.0. The molecule has 2 aromatic carbocycles. The summed E-state index contributed by atoms with van der Waals surface area (Å²) in [6.45, 7) is 4.17. The second-order valence-electron chi connectivity index (χ2n) is 4.72. The van der Waals surface area contributed by atoms with Gasteiger partial charge in [0, 0.05) is 18.2 Å². The molecule has 0 fully saturated rings. The molecular formula is C16H17F2N. The van der Waals surface area contributed by atoms with Crippen LogP contribution in [0.15, 0.2) is 42.5 Å². The van der Waals surface area contributed by atoms with Crippen molar-refractivity contribution in [3.05, 3.63) is 70.8 Å². The van der Waals surface area contributed by atoms with E-state index < -0.39 is 11.6 Å². The minimum atomic E-state index is -0.510. The Morgan fingerprint density at radius 2 is 1.68 bits per heavy atom. The van der Waals surface area contributed by atoms with Gasteiger partial charge in [-0.15, -0.1) is 0 Å². The highest BCUT2D eigenvalue weighted by Gasteiger charge is 2.10. The number of benzene rings is 2. The third kappa shape index (κ3) is 3.38. The highest BCUT2D eigenvalue weighted by molar-refractivity contribution is 5.25. The van der Waals surface area contributed by atoms with Gasteiger partial charge in [-0.1, -0.05) is 35.9 Å². The Kier molecular flexibility index (Phi) is 4.27. The van der Waals surface area contributed by atoms with Gasteiger partial charge in [0.15, 0.2) is 0 Å². The lowest BCUT2D eigenvalue weighted by Crippen LogP contribution is -2.19. The molecule has 0 unspecified atom stereocenters. The maximum atomic E-state index is 13.5. The summed E-state index contributed by atoms with van der Waals surface area (Å²) >= 11 is 0. The van der Waals surface area contributed by atoms with E-state index in [2.05, 4.69) is 11.4 Å². The first kappa shape index (κ1) is 13.7. The molecule has 0 radical (unpaired) electrons. The quantitative estimate of drug-likeness (QED) is 0.872. The molecular weight excluding hydrogens is 244 g/mol. The monoisotopic (exact) mass is 261 g/mol. The Morgan fingerprint density at radius 3 is 2.32 bits per heavy atom. The zero-order valence-corrected chi connectivity index (χ0v) is 11.1. The normalized spacial score (nSPS) is 12.4. The predicted molar refractivity (Wildman–Crippen MR) is 72.8 cm³/mol. The first-order valence-corrected chi connectivity index (χ1v) is 6.31. The average Bonchev–Trinajstić information content (AvgIpc) is 2.38. The van der Waals surface area contributed by atoms with Crippen molar-refractivity contribution < 1.29 is 8.78 Å². The summed E-state index contributed by atoms with van der Waals surface area (Å²) in [5, 5.41) is 3.14. The highest BCUT2D eigenvalue weighted by Crippen LogP contribution is 2.16. The molecule has 0 saturated heterocycles. The van der Waals surface area contributed by atoms with Crippen LogP contribution < -0.4 is 5.32 Å². The number of aryl methyl sites for hydroxylation is 1. The topological polar surface area (TPSA) is 12.0 Å². The van der Waals surface area contributed by atoms with Gasteiger partial charge in [0.1, 0.15) is 11.6 Å². The van der Waals surface area contributed by atoms with Gasteiger partial charge in [-0.2, -0.15) is 0 Å². The molecule has 2 aromatic rings. The Morgan fingerprint density at radius 1 is 1.05 bits per heavy atom. The van der Waals surface area contributed by atoms with Gasteiger partial charge in [0.25, 0.3) is 0 Å². The van der Waals surface area contributed by atoms with Gasteiger partial charge in [0.2, 0.25) is 0 Å². The molecule has 3 heteroatoms. The van der Waals surface area contributed by atoms with E-state index in [0.717, 1.165) is 5.56 Å². The number of nitrogens with one attached hydrogen (secondary N) is 1. The van der Waals surface area contributed by atoms with Crippen LogP contribution in [0.4, 0.5) is 8.78 Å². The SMILES string of the molecule is Cc1cccc([C@H](C)NCc2c(F)cccc2F)c1. The lowest BCUT2D eigenvalue weighted by Gasteiger charge is -2.15. The number of rotatable bonds is 4. The number of hydrogen-bond donors (Lipinski definition) is 1. The van der Waals surface area contributed by atoms with Gasteiger partial charge in [-0.3, -0.25) is 0 Å². The number of hydrogen-bond acceptors (Lipinski definition) is 1. The molecule has 1 N–H and O–H groups in total. The van der Waals surface area contributed by atoms with Gasteiger partial charge in [0.05, 0.1) is 0 Å². The van der Waals surface area contributed by atoms with Crippen LogP contribution in [-0.4, -0.2) is 0 Å². The van der Waals surface area contributed by atoms with Crippen molar-refractivity contribution in [3.8, 4) is 0 Å². The zero-order chi connectivity index (χ0) is 13.8. The first-order valence-electron chi connectivity index (χ1n) is 6.31. The van der Waals surface area contributed by atoms with E-state index in [4.69, 9.17) is 0 Å². The van der Waals surface area contributed by atoms with Crippen molar-refractivity contribution in [2.24, 2.45) is 0 Å². The minimum absolute atomic E-state index is 0.0407. The second-order valence-corrected chi connectivity index (χ2v) is 4.72. The second kappa shape index (κ2) is 5.93. The maximum Gasteiger partial charge on any atom is 0.130 e. The molecule has 100 valence electrons. The van der Waals surface area contributed by atoms with Gasteiger partial charge < -0.3 is 5.32 Å². The van der Waals surface area contributed by atoms with E-state index in [9.17, 15) is 8.78 Å². The van der Waals surface area contributed by atoms with E-state index in [1.54, 1.807) is 0 Å². The van der Waals surface area contributed by atoms with Crippen molar-refractivity contribution in [3.63, 3.8) is 0 Å². The fourth-order valence-corrected chi connectivity index (χ4v) is 2.01. The van der Waals surface area contributed by atoms with Crippen LogP contribution in [0.25, 0.3) is 0 Å². The van der Waals surface area contributed by atoms with Crippen LogP contribution in [0.3, 0.4) is 0 Å². The fraction of sp³-hybridized carbons (Fsp3) is 0.250. The van der Waals surface area contributed by atoms with Crippen LogP contribution in [0.5, 0.6) is 0 Å². The summed E-state index contributed by atoms with van der Waals surface area (Å²) in [6.07, 6.45) is 0. The molecule has 1 atom stereocenters. The predicted octanol–water partition coefficient (Wildman–Crippen LogP) is 4.12. The Labute approximate surface area is 112 Å². The molecule has 1 nitrogen and oxygen atoms in total. The summed E-state index contributed by atoms with van der Waals surface area (Å²) in [4.78, 5) is 0. The third-order valence-electron chi connectivity index (χ3n) is 3.19. The van der Waals surface area contributed by atoms with E-state index >= 15 is 0 Å². The largest absolute Gasteiger partial charge is 0.306 e. The standard InChI is InChI=1S/C16H17F2N/c1-11-5-3-6-13(9-11)12(2)19-10-14-15(17)7-4-8-16(14)18/h3-9,12,19H,10H2,1-2H3/t12-/m0/s1. The van der Waals surface area contributed by atoms with E-state index in [0.29, 0.717) is 0 Å². The summed E-state index contributed by atoms with van der Waals surface area (Å²) in [5.74, 6) is -1.02. The molecule has 0 heterocycles. The molecule has 2 rings (SSSR count). The first-order chi connectivity index (χ1) is 9.08. The molecule has 0 spiro atoms. The molecule has 0 aliphatic heterocycles. The van der Waals surface area contributed by atoms with Gasteiger partial charge >= 0.3 is 0 Å². The van der Waals surface area contributed by atoms with Crippen LogP contribution >= 0.6 is 0 Å². The van der Waals surface area contributed by atoms with Gasteiger partial charge in [-0.05, 0) is 31.5 Å². The van der Waals surface area contributed by atoms with Crippen molar-refractivity contribution >= 4 is 0 Å². The van der Waals surface area contributed by atoms with Crippen molar-refractivity contribution in [1.82, 2.24) is 5.32 Å². The zero-order valence-electron chi connectivity index (χ0n) is 11.1. The van der Waals surface area contributed by atoms with Crippen molar-refractivity contribution in [2.45, 2.75) is 26.4 Å². The van der Waals surface area contributed by atoms with Crippen LogP contribution in [0.2, 0.25) is 0 Å². The van der Waals surface area contributed by atoms with Crippen molar-refractivity contribution in [1.29, 1.82) is 0 Å². The molecule has 0 aliphatic carbocycles. The molecule has 0 aliphatic rings. The molecule has 0 bridgehead atoms. The average molecular weight is 261 g/mol. The Bertz CT molecular complexity index is 546. The van der Waals surface area contributed by atoms with E-state index in [-0.39, 0.29) is 18.2 Å².